The largest absolute Gasteiger partial charge is 0.481 e. The molecule has 0 aliphatic rings. The number of benzene rings is 1. The Bertz CT molecular complexity index is 646. The second-order valence-electron chi connectivity index (χ2n) is 4.86. The van der Waals surface area contributed by atoms with E-state index in [1.54, 1.807) is 6.92 Å². The summed E-state index contributed by atoms with van der Waals surface area (Å²) in [7, 11) is 0. The molecule has 0 bridgehead atoms. The Kier molecular flexibility index (Phi) is 5.36. The van der Waals surface area contributed by atoms with E-state index in [-0.39, 0.29) is 18.9 Å². The molecule has 0 unspecified atom stereocenters. The number of carbonyl (C=O) groups excluding carboxylic acids is 1. The number of esters is 1. The van der Waals surface area contributed by atoms with Gasteiger partial charge in [0, 0.05) is 11.4 Å². The number of carboxylic acid groups (broad SMARTS) is 1. The van der Waals surface area contributed by atoms with E-state index in [9.17, 15) is 9.59 Å². The van der Waals surface area contributed by atoms with Gasteiger partial charge in [0.1, 0.15) is 6.54 Å². The first-order valence-corrected chi connectivity index (χ1v) is 7.23. The summed E-state index contributed by atoms with van der Waals surface area (Å²) in [5, 5.41) is 8.85. The van der Waals surface area contributed by atoms with E-state index in [0.29, 0.717) is 13.0 Å². The summed E-state index contributed by atoms with van der Waals surface area (Å²) in [6.07, 6.45) is 0.405. The Labute approximate surface area is 129 Å². The highest BCUT2D eigenvalue weighted by Crippen LogP contribution is 2.23. The molecule has 0 radical (unpaired) electrons. The highest BCUT2D eigenvalue weighted by molar-refractivity contribution is 5.72. The summed E-state index contributed by atoms with van der Waals surface area (Å²) in [4.78, 5) is 22.6. The van der Waals surface area contributed by atoms with E-state index in [1.165, 1.54) is 0 Å². The molecule has 0 fully saturated rings. The molecule has 1 aromatic carbocycles. The molecular formula is C17H19NO4. The van der Waals surface area contributed by atoms with E-state index in [0.717, 1.165) is 17.0 Å². The summed E-state index contributed by atoms with van der Waals surface area (Å²) in [6.45, 7) is 2.17. The molecule has 0 aliphatic heterocycles. The Hall–Kier alpha value is -2.56. The Morgan fingerprint density at radius 1 is 1.14 bits per heavy atom. The predicted molar refractivity (Wildman–Crippen MR) is 82.5 cm³/mol. The minimum atomic E-state index is -0.856. The molecule has 0 aliphatic carbocycles. The van der Waals surface area contributed by atoms with E-state index >= 15 is 0 Å². The number of ether oxygens (including phenoxy) is 1. The maximum atomic E-state index is 11.8. The van der Waals surface area contributed by atoms with Gasteiger partial charge in [-0.1, -0.05) is 30.3 Å². The molecule has 5 nitrogen and oxygen atoms in total. The third-order valence-corrected chi connectivity index (χ3v) is 3.33. The van der Waals surface area contributed by atoms with E-state index in [2.05, 4.69) is 0 Å². The zero-order valence-electron chi connectivity index (χ0n) is 12.5. The summed E-state index contributed by atoms with van der Waals surface area (Å²) in [5.74, 6) is -1.18. The van der Waals surface area contributed by atoms with E-state index < -0.39 is 5.97 Å². The van der Waals surface area contributed by atoms with Gasteiger partial charge in [-0.25, -0.2) is 0 Å². The van der Waals surface area contributed by atoms with Crippen molar-refractivity contribution < 1.29 is 19.4 Å². The number of carbonyl (C=O) groups is 2. The van der Waals surface area contributed by atoms with Crippen molar-refractivity contribution in [3.63, 3.8) is 0 Å². The molecule has 0 saturated carbocycles. The van der Waals surface area contributed by atoms with Crippen LogP contribution in [0.15, 0.2) is 42.5 Å². The average molecular weight is 301 g/mol. The second-order valence-corrected chi connectivity index (χ2v) is 4.86. The zero-order valence-corrected chi connectivity index (χ0v) is 12.5. The second kappa shape index (κ2) is 7.45. The molecule has 116 valence electrons. The number of aromatic nitrogens is 1. The van der Waals surface area contributed by atoms with Gasteiger partial charge in [-0.2, -0.15) is 0 Å². The molecule has 22 heavy (non-hydrogen) atoms. The first kappa shape index (κ1) is 15.8. The van der Waals surface area contributed by atoms with Crippen LogP contribution >= 0.6 is 0 Å². The van der Waals surface area contributed by atoms with Crippen molar-refractivity contribution in [2.75, 3.05) is 6.61 Å². The van der Waals surface area contributed by atoms with Crippen molar-refractivity contribution in [1.29, 1.82) is 0 Å². The first-order valence-electron chi connectivity index (χ1n) is 7.23. The summed E-state index contributed by atoms with van der Waals surface area (Å²) >= 11 is 0. The van der Waals surface area contributed by atoms with Gasteiger partial charge >= 0.3 is 11.9 Å². The van der Waals surface area contributed by atoms with Crippen molar-refractivity contribution in [1.82, 2.24) is 4.57 Å². The molecule has 2 aromatic rings. The van der Waals surface area contributed by atoms with Crippen LogP contribution in [0.3, 0.4) is 0 Å². The molecule has 0 atom stereocenters. The van der Waals surface area contributed by atoms with Gasteiger partial charge in [-0.15, -0.1) is 0 Å². The van der Waals surface area contributed by atoms with Gasteiger partial charge in [-0.05, 0) is 31.0 Å². The molecule has 0 saturated heterocycles. The lowest BCUT2D eigenvalue weighted by Gasteiger charge is -2.13. The molecule has 5 heteroatoms. The third kappa shape index (κ3) is 3.97. The Morgan fingerprint density at radius 3 is 2.50 bits per heavy atom. The quantitative estimate of drug-likeness (QED) is 0.798. The number of rotatable bonds is 7. The molecule has 0 spiro atoms. The highest BCUT2D eigenvalue weighted by Gasteiger charge is 2.14. The number of hydrogen-bond donors (Lipinski definition) is 1. The van der Waals surface area contributed by atoms with Crippen molar-refractivity contribution in [2.24, 2.45) is 0 Å². The van der Waals surface area contributed by atoms with Crippen LogP contribution in [0.1, 0.15) is 19.0 Å². The lowest BCUT2D eigenvalue weighted by molar-refractivity contribution is -0.143. The topological polar surface area (TPSA) is 68.5 Å². The lowest BCUT2D eigenvalue weighted by Crippen LogP contribution is -2.16. The maximum Gasteiger partial charge on any atom is 0.325 e. The van der Waals surface area contributed by atoms with Crippen LogP contribution < -0.4 is 0 Å². The van der Waals surface area contributed by atoms with Crippen LogP contribution in [0.4, 0.5) is 0 Å². The lowest BCUT2D eigenvalue weighted by atomic mass is 10.1. The fourth-order valence-electron chi connectivity index (χ4n) is 2.35. The third-order valence-electron chi connectivity index (χ3n) is 3.33. The van der Waals surface area contributed by atoms with Gasteiger partial charge in [0.15, 0.2) is 0 Å². The van der Waals surface area contributed by atoms with Crippen molar-refractivity contribution in [3.8, 4) is 11.3 Å². The predicted octanol–water partition coefficient (Wildman–Crippen LogP) is 2.74. The van der Waals surface area contributed by atoms with Crippen LogP contribution in [-0.2, 0) is 27.3 Å². The standard InChI is InChI=1S/C17H19NO4/c1-2-22-17(21)12-18-14(9-11-16(19)20)8-10-15(18)13-6-4-3-5-7-13/h3-8,10H,2,9,11-12H2,1H3,(H,19,20). The number of carboxylic acids is 1. The van der Waals surface area contributed by atoms with Crippen molar-refractivity contribution in [2.45, 2.75) is 26.3 Å². The van der Waals surface area contributed by atoms with Gasteiger partial charge in [0.2, 0.25) is 0 Å². The maximum absolute atomic E-state index is 11.8. The fraction of sp³-hybridized carbons (Fsp3) is 0.294. The first-order chi connectivity index (χ1) is 10.6. The van der Waals surface area contributed by atoms with E-state index in [4.69, 9.17) is 9.84 Å². The normalized spacial score (nSPS) is 10.4. The Morgan fingerprint density at radius 2 is 1.86 bits per heavy atom. The average Bonchev–Trinajstić information content (AvgIpc) is 2.89. The monoisotopic (exact) mass is 301 g/mol. The van der Waals surface area contributed by atoms with Crippen LogP contribution in [0.2, 0.25) is 0 Å². The number of hydrogen-bond acceptors (Lipinski definition) is 3. The molecule has 2 rings (SSSR count). The van der Waals surface area contributed by atoms with Gasteiger partial charge < -0.3 is 14.4 Å². The molecule has 1 heterocycles. The number of nitrogens with zero attached hydrogens (tertiary/aromatic N) is 1. The molecule has 0 amide bonds. The SMILES string of the molecule is CCOC(=O)Cn1c(CCC(=O)O)ccc1-c1ccccc1. The summed E-state index contributed by atoms with van der Waals surface area (Å²) in [6, 6.07) is 13.5. The zero-order chi connectivity index (χ0) is 15.9. The molecule has 1 aromatic heterocycles. The summed E-state index contributed by atoms with van der Waals surface area (Å²) < 4.78 is 6.84. The van der Waals surface area contributed by atoms with Crippen LogP contribution in [0.25, 0.3) is 11.3 Å². The fourth-order valence-corrected chi connectivity index (χ4v) is 2.35. The highest BCUT2D eigenvalue weighted by atomic mass is 16.5. The molecule has 1 N–H and O–H groups in total. The molecular weight excluding hydrogens is 282 g/mol. The van der Waals surface area contributed by atoms with Crippen molar-refractivity contribution >= 4 is 11.9 Å². The van der Waals surface area contributed by atoms with Crippen LogP contribution in [0.5, 0.6) is 0 Å². The minimum Gasteiger partial charge on any atom is -0.481 e. The van der Waals surface area contributed by atoms with Crippen LogP contribution in [-0.4, -0.2) is 28.2 Å². The van der Waals surface area contributed by atoms with Crippen LogP contribution in [0, 0.1) is 0 Å². The van der Waals surface area contributed by atoms with Gasteiger partial charge in [0.25, 0.3) is 0 Å². The minimum absolute atomic E-state index is 0.0288. The smallest absolute Gasteiger partial charge is 0.325 e. The number of aryl methyl sites for hydroxylation is 1. The number of aliphatic carboxylic acids is 1. The van der Waals surface area contributed by atoms with E-state index in [1.807, 2.05) is 47.0 Å². The van der Waals surface area contributed by atoms with Gasteiger partial charge in [0.05, 0.1) is 13.0 Å². The summed E-state index contributed by atoms with van der Waals surface area (Å²) in [5.41, 5.74) is 2.68. The van der Waals surface area contributed by atoms with Crippen molar-refractivity contribution in [3.05, 3.63) is 48.2 Å². The van der Waals surface area contributed by atoms with Gasteiger partial charge in [-0.3, -0.25) is 9.59 Å². The Balaban J connectivity index is 2.32.